The van der Waals surface area contributed by atoms with Crippen LogP contribution in [0.5, 0.6) is 0 Å². The molecule has 48 heavy (non-hydrogen) atoms. The Labute approximate surface area is 286 Å². The number of nitrogens with two attached hydrogens (primary N) is 3. The van der Waals surface area contributed by atoms with Gasteiger partial charge in [0.1, 0.15) is 23.8 Å². The highest BCUT2D eigenvalue weighted by molar-refractivity contribution is 5.90. The van der Waals surface area contributed by atoms with Gasteiger partial charge in [0.05, 0.1) is 23.4 Å². The second kappa shape index (κ2) is 17.0. The summed E-state index contributed by atoms with van der Waals surface area (Å²) in [6.45, 7) is 12.0. The van der Waals surface area contributed by atoms with E-state index in [-0.39, 0.29) is 42.9 Å². The molecule has 4 amide bonds. The normalized spacial score (nSPS) is 23.9. The van der Waals surface area contributed by atoms with E-state index >= 15 is 0 Å². The van der Waals surface area contributed by atoms with Crippen LogP contribution in [0.1, 0.15) is 119 Å². The van der Waals surface area contributed by atoms with Gasteiger partial charge in [-0.2, -0.15) is 0 Å². The molecule has 3 unspecified atom stereocenters. The molecule has 276 valence electrons. The summed E-state index contributed by atoms with van der Waals surface area (Å²) >= 11 is 0. The largest absolute Gasteiger partial charge is 0.444 e. The van der Waals surface area contributed by atoms with Crippen LogP contribution < -0.4 is 27.9 Å². The average molecular weight is 682 g/mol. The Hall–Kier alpha value is -3.10. The molecule has 14 nitrogen and oxygen atoms in total. The zero-order chi connectivity index (χ0) is 36.5. The Morgan fingerprint density at radius 1 is 1.06 bits per heavy atom. The quantitative estimate of drug-likeness (QED) is 0.112. The van der Waals surface area contributed by atoms with Crippen molar-refractivity contribution in [2.75, 3.05) is 13.1 Å². The number of alkyl carbamates (subject to hydrolysis) is 1. The van der Waals surface area contributed by atoms with Crippen molar-refractivity contribution >= 4 is 24.3 Å². The molecule has 0 bridgehead atoms. The number of hydrazine groups is 1. The molecule has 0 radical (unpaired) electrons. The second-order valence-corrected chi connectivity index (χ2v) is 15.7. The fourth-order valence-electron chi connectivity index (χ4n) is 7.35. The van der Waals surface area contributed by atoms with Crippen LogP contribution in [0.15, 0.2) is 11.9 Å². The zero-order valence-corrected chi connectivity index (χ0v) is 30.2. The van der Waals surface area contributed by atoms with Crippen molar-refractivity contribution < 1.29 is 34.1 Å². The van der Waals surface area contributed by atoms with Gasteiger partial charge in [0, 0.05) is 19.2 Å². The predicted molar refractivity (Wildman–Crippen MR) is 183 cm³/mol. The monoisotopic (exact) mass is 681 g/mol. The first-order valence-electron chi connectivity index (χ1n) is 17.3. The maximum absolute atomic E-state index is 13.6. The van der Waals surface area contributed by atoms with Gasteiger partial charge in [0.25, 0.3) is 0 Å². The summed E-state index contributed by atoms with van der Waals surface area (Å²) in [7, 11) is 0. The number of carbonyl (C=O) groups is 4. The summed E-state index contributed by atoms with van der Waals surface area (Å²) in [4.78, 5) is 49.0. The van der Waals surface area contributed by atoms with Crippen LogP contribution in [0.4, 0.5) is 4.79 Å². The number of ether oxygens (including phenoxy) is 1. The number of hydrogen-bond acceptors (Lipinski definition) is 10. The third kappa shape index (κ3) is 11.2. The highest BCUT2D eigenvalue weighted by atomic mass is 16.6. The van der Waals surface area contributed by atoms with E-state index in [9.17, 15) is 24.6 Å². The number of aliphatic hydroxyl groups excluding tert-OH is 1. The molecule has 0 aromatic rings. The van der Waals surface area contributed by atoms with E-state index in [1.807, 2.05) is 0 Å². The highest BCUT2D eigenvalue weighted by Gasteiger charge is 2.60. The Balaban J connectivity index is 0.000000688. The van der Waals surface area contributed by atoms with E-state index in [1.165, 1.54) is 62.1 Å². The molecule has 3 atom stereocenters. The van der Waals surface area contributed by atoms with Crippen molar-refractivity contribution in [2.24, 2.45) is 28.6 Å². The lowest BCUT2D eigenvalue weighted by molar-refractivity contribution is -0.149. The number of amides is 4. The number of primary amides is 1. The molecule has 10 N–H and O–H groups in total. The molecule has 4 aliphatic rings. The van der Waals surface area contributed by atoms with Gasteiger partial charge in [-0.3, -0.25) is 14.4 Å². The number of hydrogen-bond donors (Lipinski definition) is 7. The van der Waals surface area contributed by atoms with Crippen molar-refractivity contribution in [3.63, 3.8) is 0 Å². The van der Waals surface area contributed by atoms with Gasteiger partial charge in [-0.15, -0.1) is 0 Å². The summed E-state index contributed by atoms with van der Waals surface area (Å²) in [5.41, 5.74) is 7.52. The molecule has 1 saturated heterocycles. The first-order valence-corrected chi connectivity index (χ1v) is 17.3. The maximum atomic E-state index is 13.6. The number of carbonyl (C=O) groups excluding carboxylic acids is 4. The summed E-state index contributed by atoms with van der Waals surface area (Å²) < 4.78 is 5.21. The molecule has 0 aromatic carbocycles. The maximum Gasteiger partial charge on any atom is 0.408 e. The molecule has 1 aliphatic heterocycles. The molecular formula is C34H63N7O7. The molecule has 0 aromatic heterocycles. The van der Waals surface area contributed by atoms with E-state index in [2.05, 4.69) is 23.3 Å². The van der Waals surface area contributed by atoms with Crippen LogP contribution in [0.3, 0.4) is 0 Å². The Kier molecular flexibility index (Phi) is 14.6. The van der Waals surface area contributed by atoms with Gasteiger partial charge in [-0.1, -0.05) is 45.4 Å². The smallest absolute Gasteiger partial charge is 0.408 e. The fourth-order valence-corrected chi connectivity index (χ4v) is 7.35. The molecule has 1 heterocycles. The van der Waals surface area contributed by atoms with Crippen molar-refractivity contribution in [1.82, 2.24) is 20.5 Å². The molecule has 4 rings (SSSR count). The summed E-state index contributed by atoms with van der Waals surface area (Å²) in [5.74, 6) is 6.50. The van der Waals surface area contributed by atoms with Gasteiger partial charge >= 0.3 is 6.09 Å². The van der Waals surface area contributed by atoms with Crippen molar-refractivity contribution in [2.45, 2.75) is 154 Å². The number of aliphatic hydroxyl groups is 2. The van der Waals surface area contributed by atoms with Gasteiger partial charge < -0.3 is 47.0 Å². The fraction of sp³-hybridized carbons (Fsp3) is 0.824. The molecule has 14 heteroatoms. The minimum Gasteiger partial charge on any atom is -0.444 e. The molecule has 3 aliphatic carbocycles. The molecule has 1 spiro atoms. The second-order valence-electron chi connectivity index (χ2n) is 15.7. The van der Waals surface area contributed by atoms with Crippen molar-refractivity contribution in [3.8, 4) is 0 Å². The van der Waals surface area contributed by atoms with Crippen LogP contribution in [0, 0.1) is 11.3 Å². The first-order chi connectivity index (χ1) is 22.2. The predicted octanol–water partition coefficient (Wildman–Crippen LogP) is 2.12. The number of nitrogens with zero attached hydrogens (tertiary/aromatic N) is 2. The number of rotatable bonds is 8. The Bertz CT molecular complexity index is 1110. The molecule has 3 saturated carbocycles. The first kappa shape index (κ1) is 41.1. The molecule has 4 fully saturated rings. The minimum atomic E-state index is -1.35. The summed E-state index contributed by atoms with van der Waals surface area (Å²) in [5, 5.41) is 27.9. The molecular weight excluding hydrogens is 618 g/mol. The Morgan fingerprint density at radius 3 is 2.02 bits per heavy atom. The van der Waals surface area contributed by atoms with Crippen LogP contribution >= 0.6 is 0 Å². The average Bonchev–Trinajstić information content (AvgIpc) is 3.38. The summed E-state index contributed by atoms with van der Waals surface area (Å²) in [6, 6.07) is -1.42. The standard InChI is InChI=1S/C26H46N6O6.C7H14.CH3NO/c1-16(33)26(14-25(15-26)8-7-9-25)30-21(35)18-10-17(32(28)19(11-27)24(5,6)37)13-31(18)20(34)12-29-22(36)38-23(2,3)4;1-7-5-3-2-4-6-7;2-1-3/h11,16-18,33,37H,7-10,12-15,27-28H2,1-6H3,(H,29,36)(H,30,35);7H,2-6H2,1H3;1H,(H2,2,3)/b19-11-;;. The minimum absolute atomic E-state index is 0.0719. The van der Waals surface area contributed by atoms with Crippen LogP contribution in [-0.2, 0) is 19.1 Å². The third-order valence-electron chi connectivity index (χ3n) is 10.0. The SMILES string of the molecule is CC(O)C1(NC(=O)C2CC(N(N)/C(=C\N)C(C)(C)O)CN2C(=O)CNC(=O)OC(C)(C)C)CC2(CCC2)C1.CC1CCCCC1.NC=O. The topological polar surface area (TPSA) is 227 Å². The van der Waals surface area contributed by atoms with Gasteiger partial charge in [0.2, 0.25) is 18.2 Å². The van der Waals surface area contributed by atoms with E-state index in [4.69, 9.17) is 21.1 Å². The van der Waals surface area contributed by atoms with Crippen LogP contribution in [0.25, 0.3) is 0 Å². The van der Waals surface area contributed by atoms with Crippen molar-refractivity contribution in [3.05, 3.63) is 11.9 Å². The van der Waals surface area contributed by atoms with Crippen molar-refractivity contribution in [1.29, 1.82) is 0 Å². The number of likely N-dealkylation sites (tertiary alicyclic amines) is 1. The van der Waals surface area contributed by atoms with Crippen LogP contribution in [0.2, 0.25) is 0 Å². The van der Waals surface area contributed by atoms with Gasteiger partial charge in [-0.05, 0) is 78.6 Å². The highest BCUT2D eigenvalue weighted by Crippen LogP contribution is 2.61. The number of nitrogens with one attached hydrogen (secondary N) is 2. The lowest BCUT2D eigenvalue weighted by Crippen LogP contribution is -2.70. The zero-order valence-electron chi connectivity index (χ0n) is 30.2. The van der Waals surface area contributed by atoms with Gasteiger partial charge in [0.15, 0.2) is 0 Å². The van der Waals surface area contributed by atoms with Crippen LogP contribution in [-0.4, -0.2) is 92.5 Å². The van der Waals surface area contributed by atoms with E-state index < -0.39 is 46.9 Å². The lowest BCUT2D eigenvalue weighted by atomic mass is 9.47. The lowest BCUT2D eigenvalue weighted by Gasteiger charge is -2.62. The Morgan fingerprint density at radius 2 is 1.62 bits per heavy atom. The van der Waals surface area contributed by atoms with E-state index in [0.29, 0.717) is 12.8 Å². The van der Waals surface area contributed by atoms with E-state index in [0.717, 1.165) is 25.2 Å². The third-order valence-corrected chi connectivity index (χ3v) is 10.0. The van der Waals surface area contributed by atoms with E-state index in [1.54, 1.807) is 27.7 Å². The van der Waals surface area contributed by atoms with Gasteiger partial charge in [-0.25, -0.2) is 10.6 Å². The summed E-state index contributed by atoms with van der Waals surface area (Å²) in [6.07, 6.45) is 12.3.